The quantitative estimate of drug-likeness (QED) is 0.774. The van der Waals surface area contributed by atoms with Crippen LogP contribution in [-0.4, -0.2) is 54.6 Å². The molecule has 0 aliphatic carbocycles. The normalized spacial score (nSPS) is 16.0. The van der Waals surface area contributed by atoms with Gasteiger partial charge in [0.2, 0.25) is 5.95 Å². The van der Waals surface area contributed by atoms with Gasteiger partial charge in [-0.05, 0) is 51.2 Å². The van der Waals surface area contributed by atoms with Gasteiger partial charge in [-0.2, -0.15) is 0 Å². The number of hydrogen-bond donors (Lipinski definition) is 2. The van der Waals surface area contributed by atoms with Gasteiger partial charge in [-0.1, -0.05) is 27.7 Å². The summed E-state index contributed by atoms with van der Waals surface area (Å²) in [5.74, 6) is 0.685. The topological polar surface area (TPSA) is 56.3 Å². The van der Waals surface area contributed by atoms with E-state index in [9.17, 15) is 0 Å². The second-order valence-corrected chi connectivity index (χ2v) is 7.45. The van der Waals surface area contributed by atoms with Crippen LogP contribution < -0.4 is 15.5 Å². The smallest absolute Gasteiger partial charge is 0.227 e. The Balaban J connectivity index is 0.000000757. The van der Waals surface area contributed by atoms with Crippen LogP contribution in [0.4, 0.5) is 17.3 Å². The lowest BCUT2D eigenvalue weighted by Crippen LogP contribution is -2.41. The fraction of sp³-hybridized carbons (Fsp3) is 0.583. The van der Waals surface area contributed by atoms with E-state index in [2.05, 4.69) is 68.8 Å². The van der Waals surface area contributed by atoms with Gasteiger partial charge < -0.3 is 20.4 Å². The van der Waals surface area contributed by atoms with Crippen LogP contribution in [0.25, 0.3) is 0 Å². The molecule has 0 radical (unpaired) electrons. The van der Waals surface area contributed by atoms with Crippen LogP contribution in [0.15, 0.2) is 30.5 Å². The molecular formula is C24H40N6. The minimum atomic E-state index is 0.685. The van der Waals surface area contributed by atoms with E-state index in [0.29, 0.717) is 12.0 Å². The summed E-state index contributed by atoms with van der Waals surface area (Å²) in [5.41, 5.74) is 4.69. The van der Waals surface area contributed by atoms with Crippen LogP contribution in [0.5, 0.6) is 0 Å². The monoisotopic (exact) mass is 412 g/mol. The number of anilines is 3. The van der Waals surface area contributed by atoms with Gasteiger partial charge in [0.1, 0.15) is 0 Å². The van der Waals surface area contributed by atoms with Crippen molar-refractivity contribution in [1.29, 1.82) is 0 Å². The highest BCUT2D eigenvalue weighted by atomic mass is 15.2. The Morgan fingerprint density at radius 3 is 2.33 bits per heavy atom. The van der Waals surface area contributed by atoms with Crippen LogP contribution in [0.1, 0.15) is 51.8 Å². The van der Waals surface area contributed by atoms with E-state index in [1.54, 1.807) is 0 Å². The molecule has 30 heavy (non-hydrogen) atoms. The van der Waals surface area contributed by atoms with Gasteiger partial charge in [-0.3, -0.25) is 0 Å². The van der Waals surface area contributed by atoms with Crippen LogP contribution in [-0.2, 0) is 13.0 Å². The molecule has 1 aromatic heterocycles. The van der Waals surface area contributed by atoms with E-state index >= 15 is 0 Å². The lowest BCUT2D eigenvalue weighted by Gasteiger charge is -2.36. The zero-order valence-corrected chi connectivity index (χ0v) is 19.7. The largest absolute Gasteiger partial charge is 0.371 e. The first-order valence-corrected chi connectivity index (χ1v) is 11.5. The third-order valence-corrected chi connectivity index (χ3v) is 5.49. The fourth-order valence-electron chi connectivity index (χ4n) is 3.82. The van der Waals surface area contributed by atoms with Crippen molar-refractivity contribution in [2.45, 2.75) is 59.5 Å². The summed E-state index contributed by atoms with van der Waals surface area (Å²) in [5, 5.41) is 6.69. The van der Waals surface area contributed by atoms with Gasteiger partial charge in [-0.25, -0.2) is 9.97 Å². The summed E-state index contributed by atoms with van der Waals surface area (Å²) in [4.78, 5) is 13.9. The molecule has 0 saturated carbocycles. The summed E-state index contributed by atoms with van der Waals surface area (Å²) in [7, 11) is 4.36. The minimum absolute atomic E-state index is 0.685. The summed E-state index contributed by atoms with van der Waals surface area (Å²) < 4.78 is 0. The molecular weight excluding hydrogens is 372 g/mol. The van der Waals surface area contributed by atoms with Crippen molar-refractivity contribution in [3.63, 3.8) is 0 Å². The Morgan fingerprint density at radius 2 is 1.70 bits per heavy atom. The standard InChI is InChI=1S/C20H28N6.2C2H6/c1-25(2)17-8-11-26(12-9-17)18-5-3-16(4-6-18)23-20-22-14-15-13-21-10-7-19(15)24-20;2*1-2/h3-6,14,17,21H,7-13H2,1-2H3,(H,22,23,24);2*1-2H3. The van der Waals surface area contributed by atoms with E-state index in [1.807, 2.05) is 33.9 Å². The molecule has 2 aliphatic rings. The Hall–Kier alpha value is -2.18. The van der Waals surface area contributed by atoms with Crippen LogP contribution in [0, 0.1) is 0 Å². The number of benzene rings is 1. The molecule has 4 rings (SSSR count). The molecule has 2 aromatic rings. The average Bonchev–Trinajstić information content (AvgIpc) is 2.82. The molecule has 3 heterocycles. The minimum Gasteiger partial charge on any atom is -0.371 e. The highest BCUT2D eigenvalue weighted by Gasteiger charge is 2.20. The zero-order chi connectivity index (χ0) is 21.9. The van der Waals surface area contributed by atoms with Gasteiger partial charge in [0.25, 0.3) is 0 Å². The molecule has 2 aliphatic heterocycles. The predicted octanol–water partition coefficient (Wildman–Crippen LogP) is 4.45. The molecule has 6 nitrogen and oxygen atoms in total. The van der Waals surface area contributed by atoms with Gasteiger partial charge >= 0.3 is 0 Å². The Bertz CT molecular complexity index is 736. The highest BCUT2D eigenvalue weighted by Crippen LogP contribution is 2.24. The Kier molecular flexibility index (Phi) is 10.0. The van der Waals surface area contributed by atoms with Gasteiger partial charge in [-0.15, -0.1) is 0 Å². The highest BCUT2D eigenvalue weighted by molar-refractivity contribution is 5.59. The molecule has 2 N–H and O–H groups in total. The van der Waals surface area contributed by atoms with Crippen molar-refractivity contribution in [3.05, 3.63) is 41.7 Å². The maximum absolute atomic E-state index is 4.67. The molecule has 1 fully saturated rings. The molecule has 1 aromatic carbocycles. The molecule has 1 saturated heterocycles. The van der Waals surface area contributed by atoms with Crippen molar-refractivity contribution >= 4 is 17.3 Å². The first-order valence-electron chi connectivity index (χ1n) is 11.5. The third-order valence-electron chi connectivity index (χ3n) is 5.49. The van der Waals surface area contributed by atoms with Crippen LogP contribution in [0.2, 0.25) is 0 Å². The maximum atomic E-state index is 4.67. The summed E-state index contributed by atoms with van der Waals surface area (Å²) in [6.45, 7) is 12.1. The first kappa shape index (κ1) is 24.1. The number of piperidine rings is 1. The maximum Gasteiger partial charge on any atom is 0.227 e. The van der Waals surface area contributed by atoms with Crippen LogP contribution in [0.3, 0.4) is 0 Å². The first-order chi connectivity index (χ1) is 14.7. The number of rotatable bonds is 4. The molecule has 6 heteroatoms. The molecule has 0 amide bonds. The van der Waals surface area contributed by atoms with E-state index in [4.69, 9.17) is 0 Å². The number of nitrogens with zero attached hydrogens (tertiary/aromatic N) is 4. The van der Waals surface area contributed by atoms with Crippen LogP contribution >= 0.6 is 0 Å². The van der Waals surface area contributed by atoms with E-state index in [1.165, 1.54) is 24.1 Å². The number of nitrogens with one attached hydrogen (secondary N) is 2. The molecule has 0 atom stereocenters. The second-order valence-electron chi connectivity index (χ2n) is 7.45. The molecule has 0 unspecified atom stereocenters. The molecule has 0 bridgehead atoms. The van der Waals surface area contributed by atoms with Crippen molar-refractivity contribution in [2.75, 3.05) is 43.9 Å². The van der Waals surface area contributed by atoms with E-state index in [-0.39, 0.29) is 0 Å². The van der Waals surface area contributed by atoms with Crippen molar-refractivity contribution in [3.8, 4) is 0 Å². The number of fused-ring (bicyclic) bond motifs is 1. The number of hydrogen-bond acceptors (Lipinski definition) is 6. The Morgan fingerprint density at radius 1 is 1.03 bits per heavy atom. The average molecular weight is 413 g/mol. The SMILES string of the molecule is CC.CC.CN(C)C1CCN(c2ccc(Nc3ncc4c(n3)CCNC4)cc2)CC1. The summed E-state index contributed by atoms with van der Waals surface area (Å²) in [6, 6.07) is 9.35. The molecule has 0 spiro atoms. The van der Waals surface area contributed by atoms with Gasteiger partial charge in [0.05, 0.1) is 5.69 Å². The van der Waals surface area contributed by atoms with Crippen molar-refractivity contribution < 1.29 is 0 Å². The van der Waals surface area contributed by atoms with Crippen molar-refractivity contribution in [1.82, 2.24) is 20.2 Å². The predicted molar refractivity (Wildman–Crippen MR) is 129 cm³/mol. The lowest BCUT2D eigenvalue weighted by atomic mass is 10.0. The zero-order valence-electron chi connectivity index (χ0n) is 19.7. The van der Waals surface area contributed by atoms with E-state index < -0.39 is 0 Å². The van der Waals surface area contributed by atoms with Crippen molar-refractivity contribution in [2.24, 2.45) is 0 Å². The second kappa shape index (κ2) is 12.5. The third kappa shape index (κ3) is 6.41. The van der Waals surface area contributed by atoms with E-state index in [0.717, 1.165) is 44.0 Å². The summed E-state index contributed by atoms with van der Waals surface area (Å²) >= 11 is 0. The van der Waals surface area contributed by atoms with Gasteiger partial charge in [0, 0.05) is 61.8 Å². The lowest BCUT2D eigenvalue weighted by molar-refractivity contribution is 0.249. The Labute approximate surface area is 183 Å². The summed E-state index contributed by atoms with van der Waals surface area (Å²) in [6.07, 6.45) is 5.35. The van der Waals surface area contributed by atoms with Gasteiger partial charge in [0.15, 0.2) is 0 Å². The number of aromatic nitrogens is 2. The fourth-order valence-corrected chi connectivity index (χ4v) is 3.82. The molecule has 166 valence electrons.